The van der Waals surface area contributed by atoms with Crippen molar-refractivity contribution in [3.05, 3.63) is 47.0 Å². The Morgan fingerprint density at radius 1 is 1.13 bits per heavy atom. The third kappa shape index (κ3) is 4.96. The number of thiocarbonyl (C=S) groups is 1. The molecule has 0 aliphatic rings. The zero-order valence-electron chi connectivity index (χ0n) is 11.6. The molecule has 3 nitrogen and oxygen atoms in total. The molecule has 2 aromatic carbocycles. The van der Waals surface area contributed by atoms with Crippen molar-refractivity contribution in [2.75, 3.05) is 0 Å². The molecule has 0 unspecified atom stereocenters. The minimum absolute atomic E-state index is 0.00728. The number of halogens is 4. The molecule has 0 heterocycles. The molecule has 120 valence electrons. The summed E-state index contributed by atoms with van der Waals surface area (Å²) in [5, 5.41) is 2.25. The average molecular weight is 360 g/mol. The van der Waals surface area contributed by atoms with Crippen molar-refractivity contribution in [2.45, 2.75) is 13.3 Å². The molecule has 0 atom stereocenters. The highest BCUT2D eigenvalue weighted by Gasteiger charge is 2.31. The fraction of sp³-hybridized carbons (Fsp3) is 0.133. The summed E-state index contributed by atoms with van der Waals surface area (Å²) in [5.41, 5.74) is 1.37. The standard InChI is InChI=1S/C15H9ClF3NO2S/c1-9-6-10(20-8-23)2-4-13(9)21-14-5-3-11(7-12(14)16)22-15(17,18)19/h2-7H,1H3. The van der Waals surface area contributed by atoms with Gasteiger partial charge in [-0.25, -0.2) is 0 Å². The largest absolute Gasteiger partial charge is 0.573 e. The van der Waals surface area contributed by atoms with Crippen molar-refractivity contribution in [3.63, 3.8) is 0 Å². The summed E-state index contributed by atoms with van der Waals surface area (Å²) in [7, 11) is 0. The van der Waals surface area contributed by atoms with Gasteiger partial charge in [-0.1, -0.05) is 11.6 Å². The Kier molecular flexibility index (Phi) is 5.26. The fourth-order valence-corrected chi connectivity index (χ4v) is 2.06. The second-order valence-electron chi connectivity index (χ2n) is 4.39. The monoisotopic (exact) mass is 359 g/mol. The average Bonchev–Trinajstić information content (AvgIpc) is 2.43. The molecule has 0 aliphatic carbocycles. The van der Waals surface area contributed by atoms with E-state index in [1.807, 2.05) is 0 Å². The summed E-state index contributed by atoms with van der Waals surface area (Å²) in [6.07, 6.45) is -4.78. The molecule has 0 bridgehead atoms. The number of nitrogens with zero attached hydrogens (tertiary/aromatic N) is 1. The van der Waals surface area contributed by atoms with Gasteiger partial charge >= 0.3 is 6.36 Å². The molecular weight excluding hydrogens is 351 g/mol. The van der Waals surface area contributed by atoms with Crippen molar-refractivity contribution >= 4 is 34.7 Å². The van der Waals surface area contributed by atoms with Gasteiger partial charge in [0.15, 0.2) is 0 Å². The van der Waals surface area contributed by atoms with Crippen LogP contribution in [0.5, 0.6) is 17.2 Å². The molecule has 2 rings (SSSR count). The predicted molar refractivity (Wildman–Crippen MR) is 84.1 cm³/mol. The van der Waals surface area contributed by atoms with Gasteiger partial charge in [-0.15, -0.1) is 13.2 Å². The molecule has 8 heteroatoms. The van der Waals surface area contributed by atoms with Crippen LogP contribution in [0, 0.1) is 6.92 Å². The number of alkyl halides is 3. The molecule has 0 fully saturated rings. The first-order valence-electron chi connectivity index (χ1n) is 6.20. The second kappa shape index (κ2) is 7.00. The van der Waals surface area contributed by atoms with Crippen LogP contribution in [-0.4, -0.2) is 11.5 Å². The third-order valence-electron chi connectivity index (χ3n) is 2.69. The summed E-state index contributed by atoms with van der Waals surface area (Å²) in [6.45, 7) is 1.78. The zero-order valence-corrected chi connectivity index (χ0v) is 13.2. The quantitative estimate of drug-likeness (QED) is 0.490. The highest BCUT2D eigenvalue weighted by molar-refractivity contribution is 7.78. The van der Waals surface area contributed by atoms with E-state index in [-0.39, 0.29) is 10.8 Å². The lowest BCUT2D eigenvalue weighted by Crippen LogP contribution is -2.17. The normalized spacial score (nSPS) is 10.8. The Morgan fingerprint density at radius 3 is 2.39 bits per heavy atom. The number of benzene rings is 2. The summed E-state index contributed by atoms with van der Waals surface area (Å²) in [6, 6.07) is 8.49. The first-order valence-corrected chi connectivity index (χ1v) is 6.99. The van der Waals surface area contributed by atoms with Gasteiger partial charge in [-0.05, 0) is 55.0 Å². The highest BCUT2D eigenvalue weighted by atomic mass is 35.5. The maximum Gasteiger partial charge on any atom is 0.573 e. The van der Waals surface area contributed by atoms with Crippen molar-refractivity contribution in [1.29, 1.82) is 0 Å². The van der Waals surface area contributed by atoms with Crippen molar-refractivity contribution in [1.82, 2.24) is 0 Å². The van der Waals surface area contributed by atoms with E-state index in [0.29, 0.717) is 11.4 Å². The van der Waals surface area contributed by atoms with Gasteiger partial charge in [-0.3, -0.25) is 0 Å². The van der Waals surface area contributed by atoms with Crippen LogP contribution < -0.4 is 9.47 Å². The van der Waals surface area contributed by atoms with Crippen LogP contribution in [0.25, 0.3) is 0 Å². The Bertz CT molecular complexity index is 774. The number of ether oxygens (including phenoxy) is 2. The topological polar surface area (TPSA) is 30.8 Å². The number of aliphatic imine (C=N–C) groups is 1. The first-order chi connectivity index (χ1) is 10.8. The molecule has 0 aliphatic heterocycles. The number of aryl methyl sites for hydroxylation is 1. The molecule has 0 aromatic heterocycles. The van der Waals surface area contributed by atoms with Crippen LogP contribution in [-0.2, 0) is 0 Å². The van der Waals surface area contributed by atoms with E-state index < -0.39 is 12.1 Å². The first kappa shape index (κ1) is 17.3. The Labute approximate surface area is 140 Å². The smallest absolute Gasteiger partial charge is 0.456 e. The molecular formula is C15H9ClF3NO2S. The molecule has 0 radical (unpaired) electrons. The lowest BCUT2D eigenvalue weighted by Gasteiger charge is -2.13. The maximum absolute atomic E-state index is 12.2. The number of rotatable bonds is 4. The van der Waals surface area contributed by atoms with E-state index in [2.05, 4.69) is 27.1 Å². The van der Waals surface area contributed by atoms with Crippen LogP contribution in [0.15, 0.2) is 41.4 Å². The lowest BCUT2D eigenvalue weighted by atomic mass is 10.2. The van der Waals surface area contributed by atoms with Crippen LogP contribution in [0.3, 0.4) is 0 Å². The van der Waals surface area contributed by atoms with Crippen LogP contribution in [0.2, 0.25) is 5.02 Å². The van der Waals surface area contributed by atoms with E-state index >= 15 is 0 Å². The zero-order chi connectivity index (χ0) is 17.0. The van der Waals surface area contributed by atoms with Crippen LogP contribution in [0.1, 0.15) is 5.56 Å². The fourth-order valence-electron chi connectivity index (χ4n) is 1.75. The Balaban J connectivity index is 2.22. The van der Waals surface area contributed by atoms with Crippen LogP contribution in [0.4, 0.5) is 18.9 Å². The molecule has 0 saturated carbocycles. The van der Waals surface area contributed by atoms with Crippen molar-refractivity contribution in [2.24, 2.45) is 4.99 Å². The van der Waals surface area contributed by atoms with E-state index in [9.17, 15) is 13.2 Å². The van der Waals surface area contributed by atoms with Gasteiger partial charge in [0.05, 0.1) is 15.9 Å². The van der Waals surface area contributed by atoms with Gasteiger partial charge in [0.1, 0.15) is 17.2 Å². The van der Waals surface area contributed by atoms with Gasteiger partial charge in [0, 0.05) is 6.07 Å². The number of hydrogen-bond donors (Lipinski definition) is 0. The summed E-state index contributed by atoms with van der Waals surface area (Å²) >= 11 is 10.5. The maximum atomic E-state index is 12.2. The van der Waals surface area contributed by atoms with Crippen LogP contribution >= 0.6 is 23.8 Å². The van der Waals surface area contributed by atoms with E-state index in [4.69, 9.17) is 16.3 Å². The molecule has 0 spiro atoms. The summed E-state index contributed by atoms with van der Waals surface area (Å²) < 4.78 is 45.9. The van der Waals surface area contributed by atoms with E-state index in [1.54, 1.807) is 25.1 Å². The second-order valence-corrected chi connectivity index (χ2v) is 4.98. The van der Waals surface area contributed by atoms with E-state index in [0.717, 1.165) is 17.7 Å². The summed E-state index contributed by atoms with van der Waals surface area (Å²) in [5.74, 6) is 0.271. The minimum atomic E-state index is -4.78. The molecule has 0 amide bonds. The SMILES string of the molecule is Cc1cc(N=C=S)ccc1Oc1ccc(OC(F)(F)F)cc1Cl. The molecule has 0 N–H and O–H groups in total. The van der Waals surface area contributed by atoms with Crippen molar-refractivity contribution < 1.29 is 22.6 Å². The molecule has 2 aromatic rings. The minimum Gasteiger partial charge on any atom is -0.456 e. The Morgan fingerprint density at radius 2 is 1.83 bits per heavy atom. The van der Waals surface area contributed by atoms with E-state index in [1.165, 1.54) is 6.07 Å². The lowest BCUT2D eigenvalue weighted by molar-refractivity contribution is -0.274. The third-order valence-corrected chi connectivity index (χ3v) is 3.08. The van der Waals surface area contributed by atoms with Gasteiger partial charge in [0.25, 0.3) is 0 Å². The molecule has 23 heavy (non-hydrogen) atoms. The summed E-state index contributed by atoms with van der Waals surface area (Å²) in [4.78, 5) is 3.84. The van der Waals surface area contributed by atoms with Gasteiger partial charge in [0.2, 0.25) is 0 Å². The Hall–Kier alpha value is -2.08. The molecule has 0 saturated heterocycles. The highest BCUT2D eigenvalue weighted by Crippen LogP contribution is 2.36. The number of isothiocyanates is 1. The van der Waals surface area contributed by atoms with Gasteiger partial charge in [-0.2, -0.15) is 4.99 Å². The predicted octanol–water partition coefficient (Wildman–Crippen LogP) is 6.07. The number of hydrogen-bond acceptors (Lipinski definition) is 4. The van der Waals surface area contributed by atoms with Crippen molar-refractivity contribution in [3.8, 4) is 17.2 Å². The van der Waals surface area contributed by atoms with Gasteiger partial charge < -0.3 is 9.47 Å².